The summed E-state index contributed by atoms with van der Waals surface area (Å²) in [5, 5.41) is 9.02. The van der Waals surface area contributed by atoms with Gasteiger partial charge in [-0.2, -0.15) is 13.2 Å². The number of carboxylic acid groups (broad SMARTS) is 1. The predicted molar refractivity (Wildman–Crippen MR) is 68.5 cm³/mol. The van der Waals surface area contributed by atoms with Crippen molar-refractivity contribution < 1.29 is 27.5 Å². The van der Waals surface area contributed by atoms with E-state index in [0.717, 1.165) is 12.1 Å². The molecule has 0 atom stereocenters. The van der Waals surface area contributed by atoms with Crippen molar-refractivity contribution >= 4 is 5.97 Å². The van der Waals surface area contributed by atoms with E-state index in [1.807, 2.05) is 0 Å². The molecule has 0 spiro atoms. The zero-order valence-corrected chi connectivity index (χ0v) is 10.8. The highest BCUT2D eigenvalue weighted by Crippen LogP contribution is 2.33. The molecular weight excluding hydrogens is 288 g/mol. The molecule has 2 nitrogen and oxygen atoms in total. The lowest BCUT2D eigenvalue weighted by molar-refractivity contribution is -0.139. The summed E-state index contributed by atoms with van der Waals surface area (Å²) in [6.45, 7) is 1.60. The van der Waals surface area contributed by atoms with Gasteiger partial charge in [0.05, 0.1) is 11.1 Å². The van der Waals surface area contributed by atoms with Crippen LogP contribution >= 0.6 is 0 Å². The van der Waals surface area contributed by atoms with Gasteiger partial charge in [-0.25, -0.2) is 9.18 Å². The molecule has 0 fully saturated rings. The lowest BCUT2D eigenvalue weighted by Gasteiger charge is -2.10. The fourth-order valence-electron chi connectivity index (χ4n) is 1.96. The minimum atomic E-state index is -4.76. The summed E-state index contributed by atoms with van der Waals surface area (Å²) in [6.07, 6.45) is -4.76. The third kappa shape index (κ3) is 3.04. The number of benzene rings is 2. The Balaban J connectivity index is 2.51. The molecule has 0 unspecified atom stereocenters. The quantitative estimate of drug-likeness (QED) is 0.828. The lowest BCUT2D eigenvalue weighted by atomic mass is 9.98. The molecule has 0 aromatic heterocycles. The van der Waals surface area contributed by atoms with Crippen molar-refractivity contribution in [2.24, 2.45) is 0 Å². The standard InChI is InChI=1S/C15H10F4O2/c1-8-2-3-9(6-11(8)14(20)21)10-4-5-12(13(16)7-10)15(17,18)19/h2-7H,1H3,(H,20,21). The van der Waals surface area contributed by atoms with Crippen LogP contribution in [0.4, 0.5) is 17.6 Å². The Bertz CT molecular complexity index is 705. The van der Waals surface area contributed by atoms with Crippen molar-refractivity contribution in [2.45, 2.75) is 13.1 Å². The van der Waals surface area contributed by atoms with Gasteiger partial charge in [-0.3, -0.25) is 0 Å². The van der Waals surface area contributed by atoms with Crippen LogP contribution in [0.1, 0.15) is 21.5 Å². The average molecular weight is 298 g/mol. The zero-order valence-electron chi connectivity index (χ0n) is 10.8. The molecule has 0 aliphatic carbocycles. The molecule has 1 N–H and O–H groups in total. The van der Waals surface area contributed by atoms with Crippen molar-refractivity contribution in [1.29, 1.82) is 0 Å². The number of aromatic carboxylic acids is 1. The third-order valence-electron chi connectivity index (χ3n) is 3.08. The first-order valence-electron chi connectivity index (χ1n) is 5.91. The normalized spacial score (nSPS) is 11.5. The molecule has 0 amide bonds. The molecule has 6 heteroatoms. The fraction of sp³-hybridized carbons (Fsp3) is 0.133. The van der Waals surface area contributed by atoms with E-state index >= 15 is 0 Å². The van der Waals surface area contributed by atoms with E-state index in [1.54, 1.807) is 6.92 Å². The summed E-state index contributed by atoms with van der Waals surface area (Å²) >= 11 is 0. The van der Waals surface area contributed by atoms with Gasteiger partial charge in [0, 0.05) is 0 Å². The highest BCUT2D eigenvalue weighted by molar-refractivity contribution is 5.91. The Hall–Kier alpha value is -2.37. The molecule has 0 radical (unpaired) electrons. The first-order chi connectivity index (χ1) is 9.70. The van der Waals surface area contributed by atoms with E-state index in [2.05, 4.69) is 0 Å². The van der Waals surface area contributed by atoms with Gasteiger partial charge in [0.2, 0.25) is 0 Å². The number of hydrogen-bond acceptors (Lipinski definition) is 1. The Morgan fingerprint density at radius 3 is 2.14 bits per heavy atom. The molecule has 0 aliphatic heterocycles. The fourth-order valence-corrected chi connectivity index (χ4v) is 1.96. The average Bonchev–Trinajstić information content (AvgIpc) is 2.37. The molecule has 2 rings (SSSR count). The van der Waals surface area contributed by atoms with Crippen LogP contribution in [0.2, 0.25) is 0 Å². The Kier molecular flexibility index (Phi) is 3.72. The van der Waals surface area contributed by atoms with Crippen LogP contribution in [-0.2, 0) is 6.18 Å². The molecule has 0 heterocycles. The Labute approximate surface area is 117 Å². The van der Waals surface area contributed by atoms with Crippen LogP contribution < -0.4 is 0 Å². The molecule has 0 saturated carbocycles. The monoisotopic (exact) mass is 298 g/mol. The number of carbonyl (C=O) groups is 1. The van der Waals surface area contributed by atoms with Gasteiger partial charge < -0.3 is 5.11 Å². The maximum atomic E-state index is 13.5. The number of rotatable bonds is 2. The number of carboxylic acids is 1. The van der Waals surface area contributed by atoms with E-state index in [1.165, 1.54) is 18.2 Å². The zero-order chi connectivity index (χ0) is 15.8. The van der Waals surface area contributed by atoms with E-state index < -0.39 is 23.5 Å². The van der Waals surface area contributed by atoms with Crippen LogP contribution in [0, 0.1) is 12.7 Å². The summed E-state index contributed by atoms with van der Waals surface area (Å²) in [4.78, 5) is 11.0. The SMILES string of the molecule is Cc1ccc(-c2ccc(C(F)(F)F)c(F)c2)cc1C(=O)O. The van der Waals surface area contributed by atoms with Crippen LogP contribution in [0.5, 0.6) is 0 Å². The third-order valence-corrected chi connectivity index (χ3v) is 3.08. The van der Waals surface area contributed by atoms with Gasteiger partial charge in [-0.1, -0.05) is 18.2 Å². The maximum Gasteiger partial charge on any atom is 0.419 e. The van der Waals surface area contributed by atoms with Gasteiger partial charge >= 0.3 is 12.1 Å². The molecule has 0 bridgehead atoms. The maximum absolute atomic E-state index is 13.5. The first-order valence-corrected chi connectivity index (χ1v) is 5.91. The van der Waals surface area contributed by atoms with E-state index in [9.17, 15) is 22.4 Å². The first kappa shape index (κ1) is 15.0. The highest BCUT2D eigenvalue weighted by Gasteiger charge is 2.33. The summed E-state index contributed by atoms with van der Waals surface area (Å²) < 4.78 is 51.0. The Morgan fingerprint density at radius 1 is 1.05 bits per heavy atom. The molecule has 110 valence electrons. The number of aryl methyl sites for hydroxylation is 1. The Morgan fingerprint density at radius 2 is 1.62 bits per heavy atom. The van der Waals surface area contributed by atoms with Gasteiger partial charge in [-0.05, 0) is 41.8 Å². The van der Waals surface area contributed by atoms with Crippen molar-refractivity contribution in [3.05, 3.63) is 58.9 Å². The van der Waals surface area contributed by atoms with Crippen LogP contribution in [0.3, 0.4) is 0 Å². The molecule has 21 heavy (non-hydrogen) atoms. The van der Waals surface area contributed by atoms with E-state index in [0.29, 0.717) is 17.2 Å². The molecule has 2 aromatic rings. The summed E-state index contributed by atoms with van der Waals surface area (Å²) in [6, 6.07) is 6.87. The molecule has 0 aliphatic rings. The largest absolute Gasteiger partial charge is 0.478 e. The van der Waals surface area contributed by atoms with Crippen molar-refractivity contribution in [1.82, 2.24) is 0 Å². The van der Waals surface area contributed by atoms with Crippen molar-refractivity contribution in [3.63, 3.8) is 0 Å². The van der Waals surface area contributed by atoms with E-state index in [4.69, 9.17) is 5.11 Å². The second-order valence-electron chi connectivity index (χ2n) is 4.53. The van der Waals surface area contributed by atoms with Gasteiger partial charge in [-0.15, -0.1) is 0 Å². The highest BCUT2D eigenvalue weighted by atomic mass is 19.4. The summed E-state index contributed by atoms with van der Waals surface area (Å²) in [5.41, 5.74) is -0.295. The van der Waals surface area contributed by atoms with Gasteiger partial charge in [0.1, 0.15) is 5.82 Å². The predicted octanol–water partition coefficient (Wildman–Crippen LogP) is 4.52. The second-order valence-corrected chi connectivity index (χ2v) is 4.53. The van der Waals surface area contributed by atoms with Gasteiger partial charge in [0.25, 0.3) is 0 Å². The van der Waals surface area contributed by atoms with E-state index in [-0.39, 0.29) is 11.1 Å². The van der Waals surface area contributed by atoms with Gasteiger partial charge in [0.15, 0.2) is 0 Å². The smallest absolute Gasteiger partial charge is 0.419 e. The topological polar surface area (TPSA) is 37.3 Å². The van der Waals surface area contributed by atoms with Crippen LogP contribution in [0.15, 0.2) is 36.4 Å². The molecule has 2 aromatic carbocycles. The summed E-state index contributed by atoms with van der Waals surface area (Å²) in [7, 11) is 0. The number of halogens is 4. The minimum Gasteiger partial charge on any atom is -0.478 e. The van der Waals surface area contributed by atoms with Crippen molar-refractivity contribution in [2.75, 3.05) is 0 Å². The van der Waals surface area contributed by atoms with Crippen molar-refractivity contribution in [3.8, 4) is 11.1 Å². The molecular formula is C15H10F4O2. The second kappa shape index (κ2) is 5.20. The molecule has 0 saturated heterocycles. The summed E-state index contributed by atoms with van der Waals surface area (Å²) in [5.74, 6) is -2.54. The number of alkyl halides is 3. The van der Waals surface area contributed by atoms with Crippen LogP contribution in [0.25, 0.3) is 11.1 Å². The number of hydrogen-bond donors (Lipinski definition) is 1. The lowest BCUT2D eigenvalue weighted by Crippen LogP contribution is -2.08. The minimum absolute atomic E-state index is 0.0211. The van der Waals surface area contributed by atoms with Crippen LogP contribution in [-0.4, -0.2) is 11.1 Å².